The zero-order chi connectivity index (χ0) is 31.5. The highest BCUT2D eigenvalue weighted by Crippen LogP contribution is 2.39. The number of nitrogens with zero attached hydrogens (tertiary/aromatic N) is 3. The molecule has 0 aliphatic carbocycles. The fraction of sp³-hybridized carbons (Fsp3) is 0.514. The lowest BCUT2D eigenvalue weighted by molar-refractivity contribution is -0.122. The van der Waals surface area contributed by atoms with E-state index in [-0.39, 0.29) is 6.47 Å². The van der Waals surface area contributed by atoms with Gasteiger partial charge in [0.15, 0.2) is 0 Å². The summed E-state index contributed by atoms with van der Waals surface area (Å²) in [5.74, 6) is 0.855. The molecule has 0 saturated carbocycles. The second-order valence-corrected chi connectivity index (χ2v) is 12.8. The fourth-order valence-electron chi connectivity index (χ4n) is 4.82. The molecule has 0 amide bonds. The van der Waals surface area contributed by atoms with Gasteiger partial charge in [-0.1, -0.05) is 50.6 Å². The van der Waals surface area contributed by atoms with Crippen molar-refractivity contribution < 1.29 is 19.7 Å². The van der Waals surface area contributed by atoms with Gasteiger partial charge in [0.1, 0.15) is 5.75 Å². The van der Waals surface area contributed by atoms with Crippen molar-refractivity contribution in [3.63, 3.8) is 0 Å². The van der Waals surface area contributed by atoms with E-state index in [0.717, 1.165) is 54.2 Å². The Bertz CT molecular complexity index is 1260. The molecule has 2 aromatic heterocycles. The summed E-state index contributed by atoms with van der Waals surface area (Å²) in [6, 6.07) is 10.8. The quantitative estimate of drug-likeness (QED) is 0.283. The minimum absolute atomic E-state index is 0.250. The van der Waals surface area contributed by atoms with E-state index in [2.05, 4.69) is 76.8 Å². The topological polar surface area (TPSA) is 95.8 Å². The molecule has 1 fully saturated rings. The molecule has 2 N–H and O–H groups in total. The van der Waals surface area contributed by atoms with Crippen LogP contribution in [0.1, 0.15) is 82.3 Å². The van der Waals surface area contributed by atoms with E-state index in [4.69, 9.17) is 29.7 Å². The Hall–Kier alpha value is -3.45. The van der Waals surface area contributed by atoms with Gasteiger partial charge < -0.3 is 19.8 Å². The molecular formula is C35H51N3O4. The number of hydrogen-bond acceptors (Lipinski definition) is 6. The van der Waals surface area contributed by atoms with Gasteiger partial charge in [0, 0.05) is 37.0 Å². The Morgan fingerprint density at radius 3 is 2.12 bits per heavy atom. The number of aromatic nitrogens is 2. The van der Waals surface area contributed by atoms with Gasteiger partial charge in [-0.15, -0.1) is 0 Å². The van der Waals surface area contributed by atoms with Crippen molar-refractivity contribution in [2.45, 2.75) is 93.6 Å². The van der Waals surface area contributed by atoms with E-state index in [9.17, 15) is 0 Å². The van der Waals surface area contributed by atoms with E-state index >= 15 is 0 Å². The molecule has 3 aromatic rings. The first-order chi connectivity index (χ1) is 19.7. The van der Waals surface area contributed by atoms with Crippen LogP contribution in [0, 0.1) is 26.2 Å². The van der Waals surface area contributed by atoms with Crippen LogP contribution >= 0.6 is 0 Å². The monoisotopic (exact) mass is 577 g/mol. The van der Waals surface area contributed by atoms with Crippen LogP contribution in [0.15, 0.2) is 42.7 Å². The molecule has 7 nitrogen and oxygen atoms in total. The molecule has 0 atom stereocenters. The predicted molar refractivity (Wildman–Crippen MR) is 173 cm³/mol. The molecule has 0 radical (unpaired) electrons. The summed E-state index contributed by atoms with van der Waals surface area (Å²) in [5.41, 5.74) is 9.50. The van der Waals surface area contributed by atoms with Gasteiger partial charge in [0.25, 0.3) is 6.47 Å². The minimum atomic E-state index is -0.500. The van der Waals surface area contributed by atoms with Gasteiger partial charge in [-0.05, 0) is 89.0 Å². The Balaban J connectivity index is 0.000000686. The minimum Gasteiger partial charge on any atom is -0.491 e. The van der Waals surface area contributed by atoms with Crippen molar-refractivity contribution in [3.8, 4) is 17.0 Å². The molecule has 230 valence electrons. The summed E-state index contributed by atoms with van der Waals surface area (Å²) in [5, 5.41) is 15.4. The average molecular weight is 578 g/mol. The van der Waals surface area contributed by atoms with Crippen LogP contribution in [0.25, 0.3) is 11.3 Å². The normalized spacial score (nSPS) is 14.2. The van der Waals surface area contributed by atoms with Gasteiger partial charge >= 0.3 is 0 Å². The van der Waals surface area contributed by atoms with E-state index in [1.54, 1.807) is 20.8 Å². The SMILES string of the molecule is CC(C)(C)O.CCc1c(C)ncc(-c2cc(C)c(OCCc3ccc(C)cc3)cn2)c1N1CCC(C)(C)CC1.O=CO. The van der Waals surface area contributed by atoms with Crippen molar-refractivity contribution in [1.82, 2.24) is 9.97 Å². The zero-order valence-corrected chi connectivity index (χ0v) is 27.1. The average Bonchev–Trinajstić information content (AvgIpc) is 2.90. The molecular weight excluding hydrogens is 526 g/mol. The van der Waals surface area contributed by atoms with Crippen LogP contribution in [0.5, 0.6) is 5.75 Å². The maximum Gasteiger partial charge on any atom is 0.290 e. The number of hydrogen-bond donors (Lipinski definition) is 2. The molecule has 3 heterocycles. The van der Waals surface area contributed by atoms with Crippen molar-refractivity contribution in [2.75, 3.05) is 24.6 Å². The molecule has 0 bridgehead atoms. The Labute approximate surface area is 253 Å². The summed E-state index contributed by atoms with van der Waals surface area (Å²) >= 11 is 0. The fourth-order valence-corrected chi connectivity index (χ4v) is 4.82. The third kappa shape index (κ3) is 11.1. The van der Waals surface area contributed by atoms with E-state index in [1.807, 2.05) is 12.4 Å². The molecule has 0 unspecified atom stereocenters. The number of benzene rings is 1. The number of ether oxygens (including phenoxy) is 1. The third-order valence-electron chi connectivity index (χ3n) is 7.26. The number of rotatable bonds is 7. The number of carbonyl (C=O) groups is 1. The van der Waals surface area contributed by atoms with Gasteiger partial charge in [0.2, 0.25) is 0 Å². The zero-order valence-electron chi connectivity index (χ0n) is 27.1. The van der Waals surface area contributed by atoms with Crippen LogP contribution in [0.3, 0.4) is 0 Å². The standard InChI is InChI=1S/C30H39N3O.C4H10O.CH2O2/c1-7-25-23(4)31-19-26(29(25)33-15-13-30(5,6)14-16-33)27-18-22(3)28(20-32-27)34-17-12-24-10-8-21(2)9-11-24;1-4(2,3)5;2-1-3/h8-11,18-20H,7,12-17H2,1-6H3;5H,1-3H3;1H,(H,2,3). The van der Waals surface area contributed by atoms with Gasteiger partial charge in [-0.25, -0.2) is 0 Å². The number of aliphatic hydroxyl groups is 1. The van der Waals surface area contributed by atoms with Crippen LogP contribution in [0.2, 0.25) is 0 Å². The molecule has 4 rings (SSSR count). The van der Waals surface area contributed by atoms with Crippen LogP contribution in [-0.2, 0) is 17.6 Å². The van der Waals surface area contributed by atoms with E-state index in [1.165, 1.54) is 35.2 Å². The number of aryl methyl sites for hydroxylation is 3. The largest absolute Gasteiger partial charge is 0.491 e. The lowest BCUT2D eigenvalue weighted by Gasteiger charge is -2.40. The summed E-state index contributed by atoms with van der Waals surface area (Å²) in [7, 11) is 0. The summed E-state index contributed by atoms with van der Waals surface area (Å²) < 4.78 is 6.11. The van der Waals surface area contributed by atoms with Gasteiger partial charge in [-0.2, -0.15) is 0 Å². The van der Waals surface area contributed by atoms with Crippen molar-refractivity contribution in [1.29, 1.82) is 0 Å². The third-order valence-corrected chi connectivity index (χ3v) is 7.26. The highest BCUT2D eigenvalue weighted by atomic mass is 16.5. The highest BCUT2D eigenvalue weighted by molar-refractivity contribution is 5.79. The number of piperidine rings is 1. The Kier molecular flexibility index (Phi) is 13.0. The molecule has 0 spiro atoms. The molecule has 1 saturated heterocycles. The Morgan fingerprint density at radius 1 is 1.02 bits per heavy atom. The summed E-state index contributed by atoms with van der Waals surface area (Å²) in [4.78, 5) is 20.5. The van der Waals surface area contributed by atoms with E-state index in [0.29, 0.717) is 12.0 Å². The van der Waals surface area contributed by atoms with Crippen molar-refractivity contribution in [2.24, 2.45) is 5.41 Å². The summed E-state index contributed by atoms with van der Waals surface area (Å²) in [6.45, 7) is 21.1. The second-order valence-electron chi connectivity index (χ2n) is 12.8. The van der Waals surface area contributed by atoms with Crippen LogP contribution < -0.4 is 9.64 Å². The number of carboxylic acid groups (broad SMARTS) is 1. The second kappa shape index (κ2) is 15.7. The first-order valence-electron chi connectivity index (χ1n) is 14.9. The lowest BCUT2D eigenvalue weighted by Crippen LogP contribution is -2.38. The molecule has 1 aliphatic heterocycles. The Morgan fingerprint density at radius 2 is 1.60 bits per heavy atom. The van der Waals surface area contributed by atoms with Crippen LogP contribution in [-0.4, -0.2) is 52.0 Å². The maximum atomic E-state index is 8.52. The predicted octanol–water partition coefficient (Wildman–Crippen LogP) is 7.36. The summed E-state index contributed by atoms with van der Waals surface area (Å²) in [6.07, 6.45) is 8.17. The van der Waals surface area contributed by atoms with Crippen molar-refractivity contribution >= 4 is 12.2 Å². The van der Waals surface area contributed by atoms with E-state index < -0.39 is 5.60 Å². The smallest absolute Gasteiger partial charge is 0.290 e. The first-order valence-corrected chi connectivity index (χ1v) is 14.9. The first kappa shape index (κ1) is 34.7. The highest BCUT2D eigenvalue weighted by Gasteiger charge is 2.28. The molecule has 1 aromatic carbocycles. The molecule has 7 heteroatoms. The lowest BCUT2D eigenvalue weighted by atomic mass is 9.82. The number of pyridine rings is 2. The molecule has 1 aliphatic rings. The van der Waals surface area contributed by atoms with Crippen molar-refractivity contribution in [3.05, 3.63) is 70.7 Å². The maximum absolute atomic E-state index is 8.52. The molecule has 42 heavy (non-hydrogen) atoms. The van der Waals surface area contributed by atoms with Crippen LogP contribution in [0.4, 0.5) is 5.69 Å². The van der Waals surface area contributed by atoms with Gasteiger partial charge in [-0.3, -0.25) is 14.8 Å². The number of anilines is 1. The van der Waals surface area contributed by atoms with Gasteiger partial charge in [0.05, 0.1) is 29.8 Å².